The van der Waals surface area contributed by atoms with E-state index in [1.165, 1.54) is 37.0 Å². The maximum absolute atomic E-state index is 15.0. The third kappa shape index (κ3) is 7.56. The molecule has 0 amide bonds. The summed E-state index contributed by atoms with van der Waals surface area (Å²) in [4.78, 5) is 7.37. The number of halogens is 5. The van der Waals surface area contributed by atoms with E-state index in [0.29, 0.717) is 25.0 Å². The smallest absolute Gasteiger partial charge is 0.389 e. The molecule has 4 rings (SSSR count). The molecular formula is C25H29BrF4N6O3S. The molecule has 40 heavy (non-hydrogen) atoms. The number of alkyl halides is 4. The van der Waals surface area contributed by atoms with Crippen molar-refractivity contribution in [1.82, 2.24) is 24.5 Å². The summed E-state index contributed by atoms with van der Waals surface area (Å²) in [6.45, 7) is 3.08. The van der Waals surface area contributed by atoms with Crippen LogP contribution < -0.4 is 10.0 Å². The van der Waals surface area contributed by atoms with Crippen LogP contribution in [0.3, 0.4) is 0 Å². The third-order valence-electron chi connectivity index (χ3n) is 6.43. The fraction of sp³-hybridized carbons (Fsp3) is 0.480. The molecule has 1 aliphatic rings. The number of hydrogen-bond acceptors (Lipinski definition) is 7. The van der Waals surface area contributed by atoms with Gasteiger partial charge in [0.05, 0.1) is 34.6 Å². The van der Waals surface area contributed by atoms with E-state index in [4.69, 9.17) is 0 Å². The van der Waals surface area contributed by atoms with E-state index in [1.54, 1.807) is 0 Å². The van der Waals surface area contributed by atoms with Gasteiger partial charge in [0.2, 0.25) is 16.0 Å². The summed E-state index contributed by atoms with van der Waals surface area (Å²) in [6.07, 6.45) is 1.39. The average molecular weight is 650 g/mol. The largest absolute Gasteiger partial charge is 0.419 e. The molecule has 15 heteroatoms. The number of aromatic nitrogens is 4. The first-order chi connectivity index (χ1) is 18.6. The molecule has 0 atom stereocenters. The van der Waals surface area contributed by atoms with Gasteiger partial charge in [0, 0.05) is 29.3 Å². The van der Waals surface area contributed by atoms with Crippen LogP contribution in [0.15, 0.2) is 41.7 Å². The van der Waals surface area contributed by atoms with E-state index in [0.717, 1.165) is 30.3 Å². The van der Waals surface area contributed by atoms with E-state index in [-0.39, 0.29) is 34.7 Å². The summed E-state index contributed by atoms with van der Waals surface area (Å²) in [5.74, 6) is -0.788. The first-order valence-electron chi connectivity index (χ1n) is 12.5. The van der Waals surface area contributed by atoms with Crippen LogP contribution >= 0.6 is 15.9 Å². The van der Waals surface area contributed by atoms with Gasteiger partial charge >= 0.3 is 6.18 Å². The lowest BCUT2D eigenvalue weighted by atomic mass is 9.88. The van der Waals surface area contributed by atoms with Gasteiger partial charge in [0.25, 0.3) is 0 Å². The molecule has 0 spiro atoms. The molecule has 3 aromatic rings. The zero-order chi connectivity index (χ0) is 29.3. The van der Waals surface area contributed by atoms with Crippen molar-refractivity contribution < 1.29 is 31.1 Å². The fourth-order valence-electron chi connectivity index (χ4n) is 4.45. The van der Waals surface area contributed by atoms with Gasteiger partial charge < -0.3 is 10.4 Å². The van der Waals surface area contributed by atoms with Gasteiger partial charge in [-0.2, -0.15) is 18.3 Å². The number of rotatable bonds is 9. The molecule has 0 unspecified atom stereocenters. The highest BCUT2D eigenvalue weighted by Crippen LogP contribution is 2.36. The first kappa shape index (κ1) is 30.3. The molecule has 1 aromatic carbocycles. The lowest BCUT2D eigenvalue weighted by Gasteiger charge is -2.27. The van der Waals surface area contributed by atoms with Crippen LogP contribution in [0, 0.1) is 11.7 Å². The monoisotopic (exact) mass is 648 g/mol. The number of aliphatic hydroxyl groups is 1. The van der Waals surface area contributed by atoms with Crippen LogP contribution in [0.1, 0.15) is 45.1 Å². The van der Waals surface area contributed by atoms with Crippen molar-refractivity contribution in [3.63, 3.8) is 0 Å². The maximum Gasteiger partial charge on any atom is 0.419 e. The predicted octanol–water partition coefficient (Wildman–Crippen LogP) is 5.24. The maximum atomic E-state index is 15.0. The Hall–Kier alpha value is -2.62. The van der Waals surface area contributed by atoms with E-state index < -0.39 is 38.9 Å². The average Bonchev–Trinajstić information content (AvgIpc) is 3.31. The second-order valence-electron chi connectivity index (χ2n) is 10.5. The molecule has 0 radical (unpaired) electrons. The number of nitrogens with zero attached hydrogens (tertiary/aromatic N) is 4. The van der Waals surface area contributed by atoms with Crippen LogP contribution in [-0.4, -0.2) is 50.2 Å². The number of nitrogens with one attached hydrogen (secondary N) is 2. The summed E-state index contributed by atoms with van der Waals surface area (Å²) >= 11 is 3.45. The van der Waals surface area contributed by atoms with Crippen molar-refractivity contribution in [1.29, 1.82) is 0 Å². The standard InChI is InChI=1S/C25H29BrF4N6O3S/c1-24(2,37)14-36-13-16(11-32-36)22-19(25(28,29)30)12-31-23(34-22)33-21-8-7-18(9-20(21)27)40(38,39)35-17-5-3-15(10-26)4-6-17/h7-9,11-13,15,17,35,37H,3-6,10,14H2,1-2H3,(H,31,33,34). The van der Waals surface area contributed by atoms with Crippen molar-refractivity contribution in [3.8, 4) is 11.3 Å². The summed E-state index contributed by atoms with van der Waals surface area (Å²) in [5, 5.41) is 17.4. The van der Waals surface area contributed by atoms with Gasteiger partial charge in [-0.15, -0.1) is 0 Å². The Kier molecular flexibility index (Phi) is 8.88. The topological polar surface area (TPSA) is 122 Å². The minimum atomic E-state index is -4.78. The molecule has 218 valence electrons. The van der Waals surface area contributed by atoms with Crippen LogP contribution in [0.5, 0.6) is 0 Å². The highest BCUT2D eigenvalue weighted by atomic mass is 79.9. The van der Waals surface area contributed by atoms with Gasteiger partial charge in [-0.3, -0.25) is 4.68 Å². The molecule has 1 saturated carbocycles. The van der Waals surface area contributed by atoms with Gasteiger partial charge in [-0.05, 0) is 63.6 Å². The minimum absolute atomic E-state index is 0.0141. The lowest BCUT2D eigenvalue weighted by molar-refractivity contribution is -0.137. The summed E-state index contributed by atoms with van der Waals surface area (Å²) in [5.41, 5.74) is -2.99. The predicted molar refractivity (Wildman–Crippen MR) is 144 cm³/mol. The Morgan fingerprint density at radius 3 is 2.45 bits per heavy atom. The minimum Gasteiger partial charge on any atom is -0.389 e. The molecule has 0 aliphatic heterocycles. The lowest BCUT2D eigenvalue weighted by Crippen LogP contribution is -2.37. The van der Waals surface area contributed by atoms with E-state index in [2.05, 4.69) is 41.0 Å². The Bertz CT molecular complexity index is 1450. The number of hydrogen-bond donors (Lipinski definition) is 3. The van der Waals surface area contributed by atoms with Crippen molar-refractivity contribution >= 4 is 37.6 Å². The van der Waals surface area contributed by atoms with Gasteiger partial charge in [0.15, 0.2) is 0 Å². The zero-order valence-electron chi connectivity index (χ0n) is 21.7. The highest BCUT2D eigenvalue weighted by molar-refractivity contribution is 9.09. The summed E-state index contributed by atoms with van der Waals surface area (Å²) < 4.78 is 85.7. The van der Waals surface area contributed by atoms with Crippen LogP contribution in [0.2, 0.25) is 0 Å². The van der Waals surface area contributed by atoms with Gasteiger partial charge in [0.1, 0.15) is 11.4 Å². The molecule has 1 aliphatic carbocycles. The van der Waals surface area contributed by atoms with Crippen LogP contribution in [0.25, 0.3) is 11.3 Å². The van der Waals surface area contributed by atoms with Crippen molar-refractivity contribution in [2.24, 2.45) is 5.92 Å². The Labute approximate surface area is 237 Å². The highest BCUT2D eigenvalue weighted by Gasteiger charge is 2.36. The number of anilines is 2. The molecule has 2 heterocycles. The summed E-state index contributed by atoms with van der Waals surface area (Å²) in [7, 11) is -3.98. The SMILES string of the molecule is CC(C)(O)Cn1cc(-c2nc(Nc3ccc(S(=O)(=O)NC4CCC(CBr)CC4)cc3F)ncc2C(F)(F)F)cn1. The first-order valence-corrected chi connectivity index (χ1v) is 15.1. The van der Waals surface area contributed by atoms with Gasteiger partial charge in [-0.1, -0.05) is 15.9 Å². The van der Waals surface area contributed by atoms with Crippen molar-refractivity contribution in [2.75, 3.05) is 10.6 Å². The molecule has 9 nitrogen and oxygen atoms in total. The number of benzene rings is 1. The fourth-order valence-corrected chi connectivity index (χ4v) is 6.41. The van der Waals surface area contributed by atoms with Gasteiger partial charge in [-0.25, -0.2) is 27.5 Å². The molecule has 0 saturated heterocycles. The Morgan fingerprint density at radius 2 is 1.85 bits per heavy atom. The normalized spacial score (nSPS) is 18.6. The number of sulfonamides is 1. The zero-order valence-corrected chi connectivity index (χ0v) is 24.1. The second-order valence-corrected chi connectivity index (χ2v) is 12.8. The van der Waals surface area contributed by atoms with Crippen molar-refractivity contribution in [3.05, 3.63) is 48.2 Å². The molecule has 0 bridgehead atoms. The van der Waals surface area contributed by atoms with Crippen LogP contribution in [0.4, 0.5) is 29.2 Å². The molecule has 3 N–H and O–H groups in total. The van der Waals surface area contributed by atoms with Crippen LogP contribution in [-0.2, 0) is 22.7 Å². The summed E-state index contributed by atoms with van der Waals surface area (Å²) in [6, 6.07) is 2.95. The third-order valence-corrected chi connectivity index (χ3v) is 8.87. The van der Waals surface area contributed by atoms with E-state index in [1.807, 2.05) is 0 Å². The molecular weight excluding hydrogens is 620 g/mol. The van der Waals surface area contributed by atoms with E-state index in [9.17, 15) is 31.1 Å². The molecule has 2 aromatic heterocycles. The second kappa shape index (κ2) is 11.7. The van der Waals surface area contributed by atoms with E-state index >= 15 is 0 Å². The Balaban J connectivity index is 1.55. The Morgan fingerprint density at radius 1 is 1.15 bits per heavy atom. The quantitative estimate of drug-likeness (QED) is 0.214. The van der Waals surface area contributed by atoms with Crippen molar-refractivity contribution in [2.45, 2.75) is 68.8 Å². The molecule has 1 fully saturated rings.